The lowest BCUT2D eigenvalue weighted by Crippen LogP contribution is -2.45. The lowest BCUT2D eigenvalue weighted by atomic mass is 9.99. The first kappa shape index (κ1) is 120. The molecule has 0 bridgehead atoms. The fourth-order valence-corrected chi connectivity index (χ4v) is 20.9. The third-order valence-electron chi connectivity index (χ3n) is 16.9. The number of imide groups is 2. The summed E-state index contributed by atoms with van der Waals surface area (Å²) >= 11 is 5.75. The molecule has 3 saturated heterocycles. The minimum Gasteiger partial charge on any atom is -0.443 e. The lowest BCUT2D eigenvalue weighted by molar-refractivity contribution is -0.118. The zero-order valence-corrected chi connectivity index (χ0v) is 87.5. The van der Waals surface area contributed by atoms with Crippen LogP contribution in [0.1, 0.15) is 203 Å². The van der Waals surface area contributed by atoms with Crippen molar-refractivity contribution in [2.45, 2.75) is 278 Å². The Hall–Kier alpha value is -6.35. The Balaban J connectivity index is 0.000000425. The van der Waals surface area contributed by atoms with Gasteiger partial charge in [-0.25, -0.2) is 79.1 Å². The number of aromatic nitrogens is 6. The fourth-order valence-electron chi connectivity index (χ4n) is 10.4. The van der Waals surface area contributed by atoms with E-state index in [0.717, 1.165) is 84.3 Å². The predicted molar refractivity (Wildman–Crippen MR) is 499 cm³/mol. The van der Waals surface area contributed by atoms with E-state index < -0.39 is 222 Å². The smallest absolute Gasteiger partial charge is 0.443 e. The zero-order valence-electron chi connectivity index (χ0n) is 80.0. The van der Waals surface area contributed by atoms with Gasteiger partial charge >= 0.3 is 77.2 Å². The maximum Gasteiger partial charge on any atom is 0.510 e. The molecular formula is C80H127F3N9O33P3S6. The number of anilines is 3. The van der Waals surface area contributed by atoms with Crippen LogP contribution in [0.15, 0.2) is 51.2 Å². The number of aliphatic hydroxyl groups is 1. The molecule has 4 N–H and O–H groups in total. The third-order valence-corrected chi connectivity index (χ3v) is 29.3. The Morgan fingerprint density at radius 3 is 1.04 bits per heavy atom. The predicted octanol–water partition coefficient (Wildman–Crippen LogP) is 16.6. The Kier molecular flexibility index (Phi) is 45.8. The summed E-state index contributed by atoms with van der Waals surface area (Å²) in [6.07, 6.45) is -10.7. The second-order valence-corrected chi connectivity index (χ2v) is 49.4. The monoisotopic (exact) mass is 2080 g/mol. The lowest BCUT2D eigenvalue weighted by Gasteiger charge is -2.28. The molecule has 0 aromatic carbocycles. The molecule has 134 heavy (non-hydrogen) atoms. The maximum absolute atomic E-state index is 15.8. The molecule has 3 aliphatic heterocycles. The van der Waals surface area contributed by atoms with Crippen LogP contribution in [0.4, 0.5) is 59.4 Å². The fraction of sp³-hybridized carbons (Fsp3) is 0.738. The number of carbonyl (C=O) groups excluding carboxylic acids is 9. The minimum absolute atomic E-state index is 0.0396. The summed E-state index contributed by atoms with van der Waals surface area (Å²) < 4.78 is 170. The van der Waals surface area contributed by atoms with Gasteiger partial charge in [-0.3, -0.25) is 55.2 Å². The Labute approximate surface area is 801 Å². The molecule has 0 saturated carbocycles. The first-order valence-corrected chi connectivity index (χ1v) is 52.0. The van der Waals surface area contributed by atoms with E-state index in [9.17, 15) is 85.6 Å². The summed E-state index contributed by atoms with van der Waals surface area (Å²) in [5, 5.41) is 4.38. The summed E-state index contributed by atoms with van der Waals surface area (Å²) in [5.41, 5.74) is -2.99. The topological polar surface area (TPSA) is 530 Å². The molecule has 3 fully saturated rings. The number of hydrogen-bond acceptors (Lipinski definition) is 42. The normalized spacial score (nSPS) is 21.9. The number of nitrogen functional groups attached to an aromatic ring is 1. The number of rotatable bonds is 34. The van der Waals surface area contributed by atoms with Crippen molar-refractivity contribution in [1.29, 1.82) is 0 Å². The summed E-state index contributed by atoms with van der Waals surface area (Å²) in [5.74, 6) is -1.89. The Bertz CT molecular complexity index is 4770. The zero-order chi connectivity index (χ0) is 102. The van der Waals surface area contributed by atoms with E-state index in [-0.39, 0.29) is 77.3 Å². The number of hydrogen-bond donors (Lipinski definition) is 3. The van der Waals surface area contributed by atoms with Gasteiger partial charge in [0.25, 0.3) is 0 Å². The summed E-state index contributed by atoms with van der Waals surface area (Å²) in [7, 11) is -13.4. The number of carbonyl (C=O) groups is 9. The van der Waals surface area contributed by atoms with Gasteiger partial charge in [0.05, 0.1) is 57.1 Å². The van der Waals surface area contributed by atoms with Crippen LogP contribution < -0.4 is 32.6 Å². The van der Waals surface area contributed by atoms with Crippen LogP contribution in [0, 0.1) is 28.1 Å². The van der Waals surface area contributed by atoms with Crippen LogP contribution in [0.2, 0.25) is 0 Å². The Morgan fingerprint density at radius 1 is 0.448 bits per heavy atom. The molecule has 762 valence electrons. The number of phosphoric ester groups is 3. The van der Waals surface area contributed by atoms with E-state index in [0.29, 0.717) is 9.80 Å². The van der Waals surface area contributed by atoms with Crippen LogP contribution in [0.25, 0.3) is 0 Å². The van der Waals surface area contributed by atoms with Crippen molar-refractivity contribution < 1.29 is 154 Å². The van der Waals surface area contributed by atoms with Crippen LogP contribution in [0.3, 0.4) is 0 Å². The molecule has 3 aromatic heterocycles. The number of amides is 4. The molecular weight excluding hydrogens is 1960 g/mol. The number of aliphatic hydroxyl groups excluding tert-OH is 1. The quantitative estimate of drug-likeness (QED) is 0.0164. The van der Waals surface area contributed by atoms with Crippen LogP contribution >= 0.6 is 94.0 Å². The van der Waals surface area contributed by atoms with Gasteiger partial charge in [-0.2, -0.15) is 24.8 Å². The standard InChI is InChI=1S/C32H51FN3O13PS2.C27H43FN3O10PS2.C21H33FN3O10PS2/c1-19(2)47-29(41)43-18-46-50(42,44-15-16-51-25(37)30(4,5)6)45-17-21-20(3)23(33)24(52-21)35-14-13-22(34-26(35)38)36(27(39)48-31(7,8)9)28(40)49-32(10,11)12;1-16-17(15-39-42(36,37)38-13-14-43-21(32)25(2,3)4)44-20(19(16)28)30-12-11-18(29-22(30)33)31(23(34)40-26(5,6)7)24(35)41-27(8,9)10;1-12(2)35-20(29)31-11-34-36(30,32-8-9-37-18(27)21(3,4)5)33-10-13-16(26)15(22)17(38-13)25-7-6-14(23)24-19(25)28/h13-14,19-21,23-24H,15-18H2,1-12H3;11-12,16-17,19-20H,13-15H2,1-10H3,(H,36,37);6-7,12-13,15-17,26H,8-11H2,1-5H3,(H2,23,24,28)/t20-,21-,23+,24-,50?;16-,17-,19+,20-;13-,15+,16-,17-,36?/m111/s1. The third kappa shape index (κ3) is 40.8. The van der Waals surface area contributed by atoms with Gasteiger partial charge in [0.1, 0.15) is 62.8 Å². The van der Waals surface area contributed by atoms with Crippen molar-refractivity contribution in [2.24, 2.45) is 28.1 Å². The number of halogens is 3. The van der Waals surface area contributed by atoms with Gasteiger partial charge in [0, 0.05) is 74.4 Å². The van der Waals surface area contributed by atoms with Crippen LogP contribution in [0.5, 0.6) is 0 Å². The highest BCUT2D eigenvalue weighted by Gasteiger charge is 2.50. The molecule has 3 unspecified atom stereocenters. The van der Waals surface area contributed by atoms with E-state index in [1.807, 2.05) is 0 Å². The highest BCUT2D eigenvalue weighted by Crippen LogP contribution is 2.56. The van der Waals surface area contributed by atoms with Gasteiger partial charge in [0.15, 0.2) is 33.2 Å². The largest absolute Gasteiger partial charge is 0.510 e. The van der Waals surface area contributed by atoms with E-state index in [2.05, 4.69) is 15.0 Å². The summed E-state index contributed by atoms with van der Waals surface area (Å²) in [6.45, 7) is 40.8. The summed E-state index contributed by atoms with van der Waals surface area (Å²) in [6, 6.07) is 3.68. The van der Waals surface area contributed by atoms with Crippen LogP contribution in [-0.2, 0) is 102 Å². The second kappa shape index (κ2) is 51.2. The Morgan fingerprint density at radius 2 is 0.739 bits per heavy atom. The number of nitrogens with zero attached hydrogens (tertiary/aromatic N) is 8. The molecule has 15 atom stereocenters. The molecule has 4 amide bonds. The van der Waals surface area contributed by atoms with E-state index in [4.69, 9.17) is 79.8 Å². The number of alkyl halides is 3. The molecule has 6 heterocycles. The van der Waals surface area contributed by atoms with E-state index in [1.165, 1.54) is 36.8 Å². The number of thioether (sulfide) groups is 6. The van der Waals surface area contributed by atoms with E-state index >= 15 is 8.78 Å². The SMILES string of the molecule is CC(C)OC(=O)OCOP(=O)(OCCSC(=O)C(C)(C)C)OC[C@H]1S[C@@H](n2ccc(N(C(=O)OC(C)(C)C)C(=O)OC(C)(C)C)nc2=O)[C@@H](F)[C@@H]1C.CC(C)OC(=O)OCOP(=O)(OCCSC(=O)C(C)(C)C)OC[C@H]1S[C@@H](n2ccc(N)nc2=O)[C@@H](F)[C@@H]1O.C[C@H]1[C@H](F)[C@H](n2ccc(N(C(=O)OC(C)(C)C)C(=O)OC(C)(C)C)nc2=O)S[C@@H]1COP(=O)(O)OCCSC(=O)C(C)(C)C. The van der Waals surface area contributed by atoms with Crippen molar-refractivity contribution in [3.8, 4) is 0 Å². The first-order valence-electron chi connectivity index (χ1n) is 41.8. The molecule has 3 aromatic rings. The second-order valence-electron chi connectivity index (χ2n) is 37.3. The minimum atomic E-state index is -4.49. The van der Waals surface area contributed by atoms with Crippen molar-refractivity contribution >= 4 is 164 Å². The molecule has 6 rings (SSSR count). The molecule has 54 heteroatoms. The molecule has 0 spiro atoms. The number of nitrogens with two attached hydrogens (primary N) is 1. The highest BCUT2D eigenvalue weighted by atomic mass is 32.2. The van der Waals surface area contributed by atoms with Crippen molar-refractivity contribution in [2.75, 3.05) is 86.0 Å². The molecule has 0 aliphatic carbocycles. The van der Waals surface area contributed by atoms with Crippen molar-refractivity contribution in [3.63, 3.8) is 0 Å². The van der Waals surface area contributed by atoms with Gasteiger partial charge in [-0.1, -0.05) is 111 Å². The summed E-state index contributed by atoms with van der Waals surface area (Å²) in [4.78, 5) is 172. The van der Waals surface area contributed by atoms with Crippen molar-refractivity contribution in [1.82, 2.24) is 28.7 Å². The highest BCUT2D eigenvalue weighted by molar-refractivity contribution is 8.14. The van der Waals surface area contributed by atoms with Crippen molar-refractivity contribution in [3.05, 3.63) is 68.2 Å². The van der Waals surface area contributed by atoms with Gasteiger partial charge < -0.3 is 53.6 Å². The number of phosphoric acid groups is 3. The molecule has 3 aliphatic rings. The maximum atomic E-state index is 15.8. The van der Waals surface area contributed by atoms with E-state index in [1.54, 1.807) is 187 Å². The average molecular weight is 2090 g/mol. The molecule has 0 radical (unpaired) electrons. The average Bonchev–Trinajstić information content (AvgIpc) is 1.57. The first-order chi connectivity index (χ1) is 61.3. The number of ether oxygens (including phenoxy) is 8. The van der Waals surface area contributed by atoms with Gasteiger partial charge in [-0.05, 0) is 129 Å². The van der Waals surface area contributed by atoms with Gasteiger partial charge in [-0.15, -0.1) is 35.3 Å². The molecule has 42 nitrogen and oxygen atoms in total. The van der Waals surface area contributed by atoms with Crippen LogP contribution in [-0.4, -0.2) is 236 Å². The van der Waals surface area contributed by atoms with Gasteiger partial charge in [0.2, 0.25) is 13.6 Å².